The number of primary amides is 1. The zero-order valence-corrected chi connectivity index (χ0v) is 7.58. The van der Waals surface area contributed by atoms with Crippen molar-refractivity contribution in [1.29, 1.82) is 0 Å². The van der Waals surface area contributed by atoms with Crippen molar-refractivity contribution in [3.63, 3.8) is 0 Å². The first-order valence-electron chi connectivity index (χ1n) is 3.54. The van der Waals surface area contributed by atoms with Crippen molar-refractivity contribution >= 4 is 18.5 Å². The van der Waals surface area contributed by atoms with Crippen LogP contribution in [0.2, 0.25) is 0 Å². The Bertz CT molecular complexity index is 299. The number of rotatable bonds is 2. The molecule has 3 nitrogen and oxygen atoms in total. The number of nitrogens with two attached hydrogens (primary N) is 1. The number of pyridine rings is 1. The average Bonchev–Trinajstić information content (AvgIpc) is 2.04. The highest BCUT2D eigenvalue weighted by Gasteiger charge is 2.04. The number of carbonyl (C=O) groups is 1. The molecule has 1 heterocycles. The van der Waals surface area contributed by atoms with E-state index in [0.29, 0.717) is 5.56 Å². The van der Waals surface area contributed by atoms with Gasteiger partial charge in [-0.1, -0.05) is 0 Å². The summed E-state index contributed by atoms with van der Waals surface area (Å²) in [6, 6.07) is 1.70. The van der Waals surface area contributed by atoms with Crippen LogP contribution in [0, 0.1) is 0 Å². The molecule has 1 aromatic rings. The summed E-state index contributed by atoms with van der Waals surface area (Å²) in [7, 11) is 0. The Morgan fingerprint density at radius 1 is 1.67 bits per heavy atom. The molecule has 1 aromatic heterocycles. The molecule has 0 saturated carbocycles. The van der Waals surface area contributed by atoms with Crippen LogP contribution in [0.5, 0.6) is 0 Å². The maximum atomic E-state index is 10.7. The highest BCUT2D eigenvalue weighted by atomic mass is 32.1. The summed E-state index contributed by atoms with van der Waals surface area (Å²) in [5, 5.41) is 0.0665. The van der Waals surface area contributed by atoms with Crippen molar-refractivity contribution in [2.24, 2.45) is 5.73 Å². The molecule has 0 fully saturated rings. The second kappa shape index (κ2) is 3.58. The van der Waals surface area contributed by atoms with Gasteiger partial charge in [-0.05, 0) is 18.6 Å². The van der Waals surface area contributed by atoms with E-state index in [-0.39, 0.29) is 5.25 Å². The molecular weight excluding hydrogens is 172 g/mol. The lowest BCUT2D eigenvalue weighted by Gasteiger charge is -2.03. The lowest BCUT2D eigenvalue weighted by atomic mass is 10.1. The largest absolute Gasteiger partial charge is 0.366 e. The lowest BCUT2D eigenvalue weighted by molar-refractivity contribution is 0.1000. The molecule has 0 radical (unpaired) electrons. The fraction of sp³-hybridized carbons (Fsp3) is 0.250. The first kappa shape index (κ1) is 9.06. The van der Waals surface area contributed by atoms with Gasteiger partial charge in [0.1, 0.15) is 0 Å². The normalized spacial score (nSPS) is 12.5. The van der Waals surface area contributed by atoms with Gasteiger partial charge in [-0.15, -0.1) is 0 Å². The number of carbonyl (C=O) groups excluding carboxylic acids is 1. The van der Waals surface area contributed by atoms with E-state index in [4.69, 9.17) is 5.73 Å². The van der Waals surface area contributed by atoms with Crippen LogP contribution < -0.4 is 5.73 Å². The average molecular weight is 182 g/mol. The number of nitrogens with zero attached hydrogens (tertiary/aromatic N) is 1. The van der Waals surface area contributed by atoms with Gasteiger partial charge < -0.3 is 5.73 Å². The molecular formula is C8H10N2OS. The molecule has 1 rings (SSSR count). The molecule has 4 heteroatoms. The third-order valence-corrected chi connectivity index (χ3v) is 1.82. The molecule has 2 N–H and O–H groups in total. The van der Waals surface area contributed by atoms with Crippen LogP contribution in [0.25, 0.3) is 0 Å². The van der Waals surface area contributed by atoms with Crippen molar-refractivity contribution in [3.05, 3.63) is 29.6 Å². The fourth-order valence-electron chi connectivity index (χ4n) is 0.821. The second-order valence-electron chi connectivity index (χ2n) is 2.55. The van der Waals surface area contributed by atoms with E-state index in [9.17, 15) is 4.79 Å². The summed E-state index contributed by atoms with van der Waals surface area (Å²) in [4.78, 5) is 14.6. The molecule has 0 spiro atoms. The van der Waals surface area contributed by atoms with E-state index in [0.717, 1.165) is 5.56 Å². The number of hydrogen-bond donors (Lipinski definition) is 2. The summed E-state index contributed by atoms with van der Waals surface area (Å²) in [5.74, 6) is -0.460. The van der Waals surface area contributed by atoms with Gasteiger partial charge >= 0.3 is 0 Å². The standard InChI is InChI=1S/C8H10N2OS/c1-5(12)6-2-7(8(9)11)4-10-3-6/h2-5,12H,1H3,(H2,9,11). The van der Waals surface area contributed by atoms with Gasteiger partial charge in [0.25, 0.3) is 0 Å². The van der Waals surface area contributed by atoms with Gasteiger partial charge in [0, 0.05) is 17.6 Å². The van der Waals surface area contributed by atoms with Crippen molar-refractivity contribution in [1.82, 2.24) is 4.98 Å². The van der Waals surface area contributed by atoms with Gasteiger partial charge in [-0.3, -0.25) is 9.78 Å². The minimum Gasteiger partial charge on any atom is -0.366 e. The Morgan fingerprint density at radius 2 is 2.33 bits per heavy atom. The van der Waals surface area contributed by atoms with Crippen molar-refractivity contribution in [2.75, 3.05) is 0 Å². The summed E-state index contributed by atoms with van der Waals surface area (Å²) in [6.07, 6.45) is 3.12. The zero-order chi connectivity index (χ0) is 9.14. The molecule has 0 aliphatic rings. The Balaban J connectivity index is 3.04. The third-order valence-electron chi connectivity index (χ3n) is 1.53. The van der Waals surface area contributed by atoms with Crippen molar-refractivity contribution < 1.29 is 4.79 Å². The highest BCUT2D eigenvalue weighted by molar-refractivity contribution is 7.80. The van der Waals surface area contributed by atoms with E-state index < -0.39 is 5.91 Å². The van der Waals surface area contributed by atoms with Gasteiger partial charge in [-0.25, -0.2) is 0 Å². The number of amides is 1. The molecule has 1 unspecified atom stereocenters. The minimum atomic E-state index is -0.460. The maximum absolute atomic E-state index is 10.7. The lowest BCUT2D eigenvalue weighted by Crippen LogP contribution is -2.11. The van der Waals surface area contributed by atoms with Crippen LogP contribution in [0.1, 0.15) is 28.1 Å². The Labute approximate surface area is 76.4 Å². The van der Waals surface area contributed by atoms with E-state index in [2.05, 4.69) is 17.6 Å². The van der Waals surface area contributed by atoms with E-state index in [1.54, 1.807) is 12.3 Å². The van der Waals surface area contributed by atoms with Gasteiger partial charge in [-0.2, -0.15) is 12.6 Å². The summed E-state index contributed by atoms with van der Waals surface area (Å²) < 4.78 is 0. The minimum absolute atomic E-state index is 0.0665. The van der Waals surface area contributed by atoms with E-state index in [1.165, 1.54) is 6.20 Å². The molecule has 0 bridgehead atoms. The quantitative estimate of drug-likeness (QED) is 0.674. The second-order valence-corrected chi connectivity index (χ2v) is 3.32. The fourth-order valence-corrected chi connectivity index (χ4v) is 0.962. The van der Waals surface area contributed by atoms with Crippen LogP contribution in [0.3, 0.4) is 0 Å². The molecule has 64 valence electrons. The SMILES string of the molecule is CC(S)c1cncc(C(N)=O)c1. The maximum Gasteiger partial charge on any atom is 0.250 e. The monoisotopic (exact) mass is 182 g/mol. The zero-order valence-electron chi connectivity index (χ0n) is 6.69. The van der Waals surface area contributed by atoms with Gasteiger partial charge in [0.15, 0.2) is 0 Å². The first-order chi connectivity index (χ1) is 5.61. The van der Waals surface area contributed by atoms with Crippen molar-refractivity contribution in [2.45, 2.75) is 12.2 Å². The van der Waals surface area contributed by atoms with Crippen LogP contribution >= 0.6 is 12.6 Å². The number of aromatic nitrogens is 1. The number of thiol groups is 1. The first-order valence-corrected chi connectivity index (χ1v) is 4.05. The molecule has 0 aliphatic carbocycles. The number of hydrogen-bond acceptors (Lipinski definition) is 3. The van der Waals surface area contributed by atoms with Crippen LogP contribution in [-0.2, 0) is 0 Å². The van der Waals surface area contributed by atoms with E-state index >= 15 is 0 Å². The van der Waals surface area contributed by atoms with Crippen LogP contribution in [0.4, 0.5) is 0 Å². The Kier molecular flexibility index (Phi) is 2.70. The molecule has 0 aromatic carbocycles. The molecule has 0 aliphatic heterocycles. The summed E-state index contributed by atoms with van der Waals surface area (Å²) >= 11 is 4.21. The Morgan fingerprint density at radius 3 is 2.83 bits per heavy atom. The third kappa shape index (κ3) is 1.98. The predicted octanol–water partition coefficient (Wildman–Crippen LogP) is 1.17. The molecule has 0 saturated heterocycles. The topological polar surface area (TPSA) is 56.0 Å². The van der Waals surface area contributed by atoms with Gasteiger partial charge in [0.2, 0.25) is 5.91 Å². The molecule has 12 heavy (non-hydrogen) atoms. The van der Waals surface area contributed by atoms with E-state index in [1.807, 2.05) is 6.92 Å². The highest BCUT2D eigenvalue weighted by Crippen LogP contribution is 2.17. The molecule has 1 atom stereocenters. The van der Waals surface area contributed by atoms with Crippen molar-refractivity contribution in [3.8, 4) is 0 Å². The van der Waals surface area contributed by atoms with Crippen LogP contribution in [0.15, 0.2) is 18.5 Å². The molecule has 1 amide bonds. The summed E-state index contributed by atoms with van der Waals surface area (Å²) in [5.41, 5.74) is 6.40. The Hall–Kier alpha value is -1.03. The van der Waals surface area contributed by atoms with Crippen LogP contribution in [-0.4, -0.2) is 10.9 Å². The van der Waals surface area contributed by atoms with Gasteiger partial charge in [0.05, 0.1) is 5.56 Å². The predicted molar refractivity (Wildman–Crippen MR) is 50.2 cm³/mol. The summed E-state index contributed by atoms with van der Waals surface area (Å²) in [6.45, 7) is 1.91. The smallest absolute Gasteiger partial charge is 0.250 e.